The molecule has 2 aromatic heterocycles. The number of rotatable bonds is 4. The summed E-state index contributed by atoms with van der Waals surface area (Å²) in [6.45, 7) is 5.88. The van der Waals surface area contributed by atoms with Crippen LogP contribution in [0.1, 0.15) is 35.7 Å². The molecule has 1 atom stereocenters. The fourth-order valence-electron chi connectivity index (χ4n) is 1.92. The third kappa shape index (κ3) is 3.08. The summed E-state index contributed by atoms with van der Waals surface area (Å²) in [7, 11) is 0. The van der Waals surface area contributed by atoms with E-state index in [2.05, 4.69) is 15.3 Å². The van der Waals surface area contributed by atoms with Gasteiger partial charge in [0.2, 0.25) is 5.95 Å². The van der Waals surface area contributed by atoms with E-state index in [9.17, 15) is 0 Å². The summed E-state index contributed by atoms with van der Waals surface area (Å²) in [5, 5.41) is 3.21. The minimum absolute atomic E-state index is 0.0408. The van der Waals surface area contributed by atoms with E-state index < -0.39 is 0 Å². The molecule has 0 fully saturated rings. The van der Waals surface area contributed by atoms with Gasteiger partial charge in [-0.3, -0.25) is 0 Å². The molecule has 2 aromatic rings. The minimum Gasteiger partial charge on any atom is -0.466 e. The van der Waals surface area contributed by atoms with Crippen LogP contribution in [-0.4, -0.2) is 15.0 Å². The van der Waals surface area contributed by atoms with Crippen molar-refractivity contribution in [2.45, 2.75) is 26.8 Å². The van der Waals surface area contributed by atoms with Gasteiger partial charge in [-0.2, -0.15) is 0 Å². The van der Waals surface area contributed by atoms with E-state index in [1.165, 1.54) is 0 Å². The first-order valence-electron chi connectivity index (χ1n) is 5.93. The van der Waals surface area contributed by atoms with Crippen molar-refractivity contribution in [1.29, 1.82) is 0 Å². The highest BCUT2D eigenvalue weighted by atomic mass is 32.1. The van der Waals surface area contributed by atoms with Gasteiger partial charge in [0.25, 0.3) is 0 Å². The zero-order valence-corrected chi connectivity index (χ0v) is 11.9. The third-order valence-corrected chi connectivity index (χ3v) is 3.01. The topological polar surface area (TPSA) is 77.0 Å². The predicted octanol–water partition coefficient (Wildman–Crippen LogP) is 2.49. The number of anilines is 1. The fourth-order valence-corrected chi connectivity index (χ4v) is 2.03. The predicted molar refractivity (Wildman–Crippen MR) is 78.1 cm³/mol. The van der Waals surface area contributed by atoms with Gasteiger partial charge in [0.05, 0.1) is 6.04 Å². The van der Waals surface area contributed by atoms with E-state index in [1.54, 1.807) is 12.3 Å². The zero-order valence-electron chi connectivity index (χ0n) is 11.1. The summed E-state index contributed by atoms with van der Waals surface area (Å²) < 4.78 is 5.51. The van der Waals surface area contributed by atoms with Crippen LogP contribution in [0.2, 0.25) is 0 Å². The Bertz CT molecular complexity index is 608. The Hall–Kier alpha value is -1.95. The fraction of sp³-hybridized carbons (Fsp3) is 0.308. The van der Waals surface area contributed by atoms with E-state index in [0.717, 1.165) is 17.1 Å². The van der Waals surface area contributed by atoms with Gasteiger partial charge in [-0.05, 0) is 32.9 Å². The average molecular weight is 276 g/mol. The molecule has 0 bridgehead atoms. The Kier molecular flexibility index (Phi) is 3.80. The first kappa shape index (κ1) is 13.5. The molecule has 0 spiro atoms. The second-order valence-corrected chi connectivity index (χ2v) is 4.80. The second kappa shape index (κ2) is 5.36. The van der Waals surface area contributed by atoms with E-state index in [4.69, 9.17) is 22.4 Å². The van der Waals surface area contributed by atoms with Crippen molar-refractivity contribution in [1.82, 2.24) is 9.97 Å². The molecule has 100 valence electrons. The molecule has 0 aromatic carbocycles. The van der Waals surface area contributed by atoms with Gasteiger partial charge in [0.15, 0.2) is 0 Å². The third-order valence-electron chi connectivity index (χ3n) is 2.80. The molecule has 0 aliphatic rings. The van der Waals surface area contributed by atoms with Crippen molar-refractivity contribution in [3.8, 4) is 0 Å². The number of nitrogens with one attached hydrogen (secondary N) is 1. The van der Waals surface area contributed by atoms with Crippen molar-refractivity contribution in [2.75, 3.05) is 5.32 Å². The van der Waals surface area contributed by atoms with Crippen molar-refractivity contribution in [3.05, 3.63) is 41.1 Å². The Morgan fingerprint density at radius 3 is 2.79 bits per heavy atom. The molecule has 3 N–H and O–H groups in total. The Morgan fingerprint density at radius 2 is 2.21 bits per heavy atom. The molecule has 6 heteroatoms. The summed E-state index contributed by atoms with van der Waals surface area (Å²) in [5.41, 5.74) is 7.19. The number of thiocarbonyl (C=S) groups is 1. The minimum atomic E-state index is 0.0408. The standard InChI is InChI=1S/C13H16N4OS/c1-7-6-10(9(3)18-7)8(2)16-13-15-5-4-11(17-13)12(14)19/h4-6,8H,1-3H3,(H2,14,19)(H,15,16,17). The van der Waals surface area contributed by atoms with Gasteiger partial charge in [-0.15, -0.1) is 0 Å². The van der Waals surface area contributed by atoms with Gasteiger partial charge in [-0.1, -0.05) is 12.2 Å². The Labute approximate surface area is 117 Å². The van der Waals surface area contributed by atoms with E-state index in [-0.39, 0.29) is 11.0 Å². The molecular weight excluding hydrogens is 260 g/mol. The van der Waals surface area contributed by atoms with E-state index in [0.29, 0.717) is 11.6 Å². The maximum absolute atomic E-state index is 5.55. The highest BCUT2D eigenvalue weighted by Crippen LogP contribution is 2.23. The molecular formula is C13H16N4OS. The van der Waals surface area contributed by atoms with Crippen molar-refractivity contribution < 1.29 is 4.42 Å². The Balaban J connectivity index is 2.19. The highest BCUT2D eigenvalue weighted by Gasteiger charge is 2.13. The van der Waals surface area contributed by atoms with E-state index in [1.807, 2.05) is 26.8 Å². The normalized spacial score (nSPS) is 12.2. The molecule has 19 heavy (non-hydrogen) atoms. The maximum atomic E-state index is 5.55. The quantitative estimate of drug-likeness (QED) is 0.835. The number of hydrogen-bond donors (Lipinski definition) is 2. The van der Waals surface area contributed by atoms with Crippen molar-refractivity contribution in [3.63, 3.8) is 0 Å². The zero-order chi connectivity index (χ0) is 14.0. The Morgan fingerprint density at radius 1 is 1.47 bits per heavy atom. The average Bonchev–Trinajstić information content (AvgIpc) is 2.69. The first-order valence-corrected chi connectivity index (χ1v) is 6.34. The first-order chi connectivity index (χ1) is 8.97. The van der Waals surface area contributed by atoms with Crippen LogP contribution in [0.4, 0.5) is 5.95 Å². The molecule has 0 aliphatic carbocycles. The van der Waals surface area contributed by atoms with Crippen LogP contribution >= 0.6 is 12.2 Å². The van der Waals surface area contributed by atoms with Crippen LogP contribution in [0.25, 0.3) is 0 Å². The number of nitrogens with two attached hydrogens (primary N) is 1. The smallest absolute Gasteiger partial charge is 0.223 e. The lowest BCUT2D eigenvalue weighted by molar-refractivity contribution is 0.499. The van der Waals surface area contributed by atoms with Gasteiger partial charge < -0.3 is 15.5 Å². The summed E-state index contributed by atoms with van der Waals surface area (Å²) in [6.07, 6.45) is 1.63. The maximum Gasteiger partial charge on any atom is 0.223 e. The lowest BCUT2D eigenvalue weighted by atomic mass is 10.1. The van der Waals surface area contributed by atoms with E-state index >= 15 is 0 Å². The van der Waals surface area contributed by atoms with Crippen LogP contribution < -0.4 is 11.1 Å². The van der Waals surface area contributed by atoms with Gasteiger partial charge in [0, 0.05) is 11.8 Å². The number of nitrogens with zero attached hydrogens (tertiary/aromatic N) is 2. The molecule has 0 saturated carbocycles. The van der Waals surface area contributed by atoms with Crippen molar-refractivity contribution >= 4 is 23.2 Å². The number of aromatic nitrogens is 2. The summed E-state index contributed by atoms with van der Waals surface area (Å²) in [4.78, 5) is 8.67. The molecule has 0 amide bonds. The van der Waals surface area contributed by atoms with Crippen LogP contribution in [0.15, 0.2) is 22.7 Å². The van der Waals surface area contributed by atoms with Crippen LogP contribution in [0.3, 0.4) is 0 Å². The summed E-state index contributed by atoms with van der Waals surface area (Å²) in [5.74, 6) is 2.28. The van der Waals surface area contributed by atoms with Gasteiger partial charge >= 0.3 is 0 Å². The SMILES string of the molecule is Cc1cc(C(C)Nc2nccc(C(N)=S)n2)c(C)o1. The van der Waals surface area contributed by atoms with Gasteiger partial charge in [0.1, 0.15) is 22.2 Å². The molecule has 2 rings (SSSR count). The number of aryl methyl sites for hydroxylation is 2. The van der Waals surface area contributed by atoms with Crippen LogP contribution in [-0.2, 0) is 0 Å². The number of furan rings is 1. The molecule has 1 unspecified atom stereocenters. The number of hydrogen-bond acceptors (Lipinski definition) is 5. The molecule has 2 heterocycles. The van der Waals surface area contributed by atoms with Crippen molar-refractivity contribution in [2.24, 2.45) is 5.73 Å². The highest BCUT2D eigenvalue weighted by molar-refractivity contribution is 7.80. The summed E-state index contributed by atoms with van der Waals surface area (Å²) in [6, 6.07) is 3.73. The molecule has 0 radical (unpaired) electrons. The van der Waals surface area contributed by atoms with Crippen LogP contribution in [0.5, 0.6) is 0 Å². The molecule has 5 nitrogen and oxygen atoms in total. The lowest BCUT2D eigenvalue weighted by Gasteiger charge is -2.13. The monoisotopic (exact) mass is 276 g/mol. The second-order valence-electron chi connectivity index (χ2n) is 4.36. The largest absolute Gasteiger partial charge is 0.466 e. The van der Waals surface area contributed by atoms with Gasteiger partial charge in [-0.25, -0.2) is 9.97 Å². The molecule has 0 aliphatic heterocycles. The lowest BCUT2D eigenvalue weighted by Crippen LogP contribution is -2.15. The summed E-state index contributed by atoms with van der Waals surface area (Å²) >= 11 is 4.90. The van der Waals surface area contributed by atoms with Crippen LogP contribution in [0, 0.1) is 13.8 Å². The molecule has 0 saturated heterocycles.